The molecule has 1 aromatic rings. The predicted molar refractivity (Wildman–Crippen MR) is 77.0 cm³/mol. The van der Waals surface area contributed by atoms with Crippen molar-refractivity contribution >= 4 is 5.95 Å². The van der Waals surface area contributed by atoms with Crippen LogP contribution in [0.5, 0.6) is 0 Å². The molecule has 3 heteroatoms. The van der Waals surface area contributed by atoms with Gasteiger partial charge in [0.2, 0.25) is 5.95 Å². The third kappa shape index (κ3) is 2.28. The lowest BCUT2D eigenvalue weighted by Crippen LogP contribution is -2.21. The number of hydrogen-bond donors (Lipinski definition) is 1. The van der Waals surface area contributed by atoms with Crippen molar-refractivity contribution < 1.29 is 0 Å². The van der Waals surface area contributed by atoms with E-state index < -0.39 is 0 Å². The summed E-state index contributed by atoms with van der Waals surface area (Å²) in [6.07, 6.45) is 15.5. The Kier molecular flexibility index (Phi) is 3.01. The Morgan fingerprint density at radius 1 is 1.16 bits per heavy atom. The van der Waals surface area contributed by atoms with Crippen LogP contribution in [0, 0.1) is 17.8 Å². The molecule has 4 rings (SSSR count). The number of nitrogens with one attached hydrogen (secondary N) is 1. The van der Waals surface area contributed by atoms with E-state index in [0.717, 1.165) is 23.7 Å². The highest BCUT2D eigenvalue weighted by atomic mass is 15.2. The van der Waals surface area contributed by atoms with Crippen LogP contribution >= 0.6 is 0 Å². The van der Waals surface area contributed by atoms with Gasteiger partial charge in [-0.3, -0.25) is 0 Å². The van der Waals surface area contributed by atoms with Gasteiger partial charge in [-0.2, -0.15) is 0 Å². The molecule has 0 spiro atoms. The normalized spacial score (nSPS) is 34.2. The van der Waals surface area contributed by atoms with E-state index >= 15 is 0 Å². The molecule has 19 heavy (non-hydrogen) atoms. The Labute approximate surface area is 115 Å². The van der Waals surface area contributed by atoms with Crippen molar-refractivity contribution in [2.75, 3.05) is 5.32 Å². The summed E-state index contributed by atoms with van der Waals surface area (Å²) in [5.41, 5.74) is 0. The standard InChI is InChI=1S/C16H25N3/c1-2-4-15(3-1)18-16-17-7-8-19(16)11-14-10-12-5-6-13(14)9-12/h7-8,12-15H,1-6,9-11H2,(H,17,18). The summed E-state index contributed by atoms with van der Waals surface area (Å²) in [4.78, 5) is 4.54. The minimum atomic E-state index is 0.668. The van der Waals surface area contributed by atoms with E-state index in [-0.39, 0.29) is 0 Å². The number of aromatic nitrogens is 2. The molecule has 3 fully saturated rings. The van der Waals surface area contributed by atoms with Crippen LogP contribution in [0.25, 0.3) is 0 Å². The summed E-state index contributed by atoms with van der Waals surface area (Å²) in [7, 11) is 0. The van der Waals surface area contributed by atoms with Crippen molar-refractivity contribution in [1.29, 1.82) is 0 Å². The maximum Gasteiger partial charge on any atom is 0.202 e. The highest BCUT2D eigenvalue weighted by molar-refractivity contribution is 5.28. The van der Waals surface area contributed by atoms with Crippen LogP contribution in [-0.4, -0.2) is 15.6 Å². The minimum Gasteiger partial charge on any atom is -0.353 e. The van der Waals surface area contributed by atoms with Crippen molar-refractivity contribution in [3.05, 3.63) is 12.4 Å². The summed E-state index contributed by atoms with van der Waals surface area (Å²) >= 11 is 0. The van der Waals surface area contributed by atoms with Gasteiger partial charge in [-0.1, -0.05) is 19.3 Å². The van der Waals surface area contributed by atoms with Gasteiger partial charge in [0.15, 0.2) is 0 Å². The molecule has 3 saturated carbocycles. The van der Waals surface area contributed by atoms with Crippen LogP contribution < -0.4 is 5.32 Å². The Balaban J connectivity index is 1.42. The third-order valence-corrected chi connectivity index (χ3v) is 5.72. The van der Waals surface area contributed by atoms with E-state index in [2.05, 4.69) is 21.1 Å². The first kappa shape index (κ1) is 11.8. The van der Waals surface area contributed by atoms with E-state index in [0.29, 0.717) is 6.04 Å². The number of anilines is 1. The summed E-state index contributed by atoms with van der Waals surface area (Å²) in [5.74, 6) is 4.09. The molecule has 3 unspecified atom stereocenters. The van der Waals surface area contributed by atoms with Gasteiger partial charge >= 0.3 is 0 Å². The molecule has 1 heterocycles. The van der Waals surface area contributed by atoms with Crippen LogP contribution in [0.4, 0.5) is 5.95 Å². The zero-order valence-electron chi connectivity index (χ0n) is 11.7. The maximum absolute atomic E-state index is 4.54. The van der Waals surface area contributed by atoms with Gasteiger partial charge in [0, 0.05) is 25.0 Å². The number of fused-ring (bicyclic) bond motifs is 2. The summed E-state index contributed by atoms with van der Waals surface area (Å²) in [6, 6.07) is 0.668. The lowest BCUT2D eigenvalue weighted by atomic mass is 9.89. The molecule has 0 amide bonds. The monoisotopic (exact) mass is 259 g/mol. The average Bonchev–Trinajstić information content (AvgIpc) is 3.16. The molecule has 0 radical (unpaired) electrons. The molecule has 0 saturated heterocycles. The molecule has 0 aliphatic heterocycles. The minimum absolute atomic E-state index is 0.668. The van der Waals surface area contributed by atoms with Crippen molar-refractivity contribution in [2.45, 2.75) is 64.0 Å². The molecule has 104 valence electrons. The smallest absolute Gasteiger partial charge is 0.202 e. The SMILES string of the molecule is c1cn(CC2CC3CCC2C3)c(NC2CCCC2)n1. The molecule has 0 aromatic carbocycles. The fraction of sp³-hybridized carbons (Fsp3) is 0.812. The number of hydrogen-bond acceptors (Lipinski definition) is 2. The first-order valence-electron chi connectivity index (χ1n) is 8.16. The maximum atomic E-state index is 4.54. The topological polar surface area (TPSA) is 29.9 Å². The van der Waals surface area contributed by atoms with E-state index in [4.69, 9.17) is 0 Å². The molecule has 3 nitrogen and oxygen atoms in total. The fourth-order valence-corrected chi connectivity index (χ4v) is 4.70. The second-order valence-corrected chi connectivity index (χ2v) is 6.96. The molecule has 1 N–H and O–H groups in total. The van der Waals surface area contributed by atoms with Crippen molar-refractivity contribution in [1.82, 2.24) is 9.55 Å². The van der Waals surface area contributed by atoms with Gasteiger partial charge in [0.1, 0.15) is 0 Å². The molecule has 1 aromatic heterocycles. The summed E-state index contributed by atoms with van der Waals surface area (Å²) < 4.78 is 2.38. The van der Waals surface area contributed by atoms with Gasteiger partial charge < -0.3 is 9.88 Å². The Bertz CT molecular complexity index is 433. The van der Waals surface area contributed by atoms with Crippen LogP contribution in [0.2, 0.25) is 0 Å². The number of rotatable bonds is 4. The lowest BCUT2D eigenvalue weighted by molar-refractivity contribution is 0.296. The highest BCUT2D eigenvalue weighted by Gasteiger charge is 2.39. The van der Waals surface area contributed by atoms with E-state index in [1.165, 1.54) is 57.9 Å². The van der Waals surface area contributed by atoms with E-state index in [1.807, 2.05) is 6.20 Å². The fourth-order valence-electron chi connectivity index (χ4n) is 4.70. The third-order valence-electron chi connectivity index (χ3n) is 5.72. The Morgan fingerprint density at radius 2 is 2.05 bits per heavy atom. The summed E-state index contributed by atoms with van der Waals surface area (Å²) in [5, 5.41) is 3.66. The quantitative estimate of drug-likeness (QED) is 0.894. The molecular weight excluding hydrogens is 234 g/mol. The molecule has 3 aliphatic carbocycles. The second-order valence-electron chi connectivity index (χ2n) is 6.96. The largest absolute Gasteiger partial charge is 0.353 e. The van der Waals surface area contributed by atoms with E-state index in [9.17, 15) is 0 Å². The lowest BCUT2D eigenvalue weighted by Gasteiger charge is -2.23. The van der Waals surface area contributed by atoms with Gasteiger partial charge in [0.05, 0.1) is 0 Å². The molecule has 3 aliphatic rings. The van der Waals surface area contributed by atoms with Crippen LogP contribution in [-0.2, 0) is 6.54 Å². The zero-order valence-corrected chi connectivity index (χ0v) is 11.7. The van der Waals surface area contributed by atoms with Gasteiger partial charge in [-0.05, 0) is 49.9 Å². The number of imidazole rings is 1. The van der Waals surface area contributed by atoms with Crippen molar-refractivity contribution in [3.8, 4) is 0 Å². The molecule has 2 bridgehead atoms. The van der Waals surface area contributed by atoms with Crippen molar-refractivity contribution in [2.24, 2.45) is 17.8 Å². The average molecular weight is 259 g/mol. The van der Waals surface area contributed by atoms with Gasteiger partial charge in [-0.15, -0.1) is 0 Å². The van der Waals surface area contributed by atoms with Crippen LogP contribution in [0.1, 0.15) is 51.4 Å². The number of nitrogens with zero attached hydrogens (tertiary/aromatic N) is 2. The predicted octanol–water partition coefficient (Wildman–Crippen LogP) is 3.67. The first-order valence-corrected chi connectivity index (χ1v) is 8.16. The van der Waals surface area contributed by atoms with E-state index in [1.54, 1.807) is 0 Å². The first-order chi connectivity index (χ1) is 9.38. The van der Waals surface area contributed by atoms with Gasteiger partial charge in [-0.25, -0.2) is 4.98 Å². The zero-order chi connectivity index (χ0) is 12.7. The van der Waals surface area contributed by atoms with Crippen molar-refractivity contribution in [3.63, 3.8) is 0 Å². The molecule has 3 atom stereocenters. The molecular formula is C16H25N3. The Morgan fingerprint density at radius 3 is 2.79 bits per heavy atom. The van der Waals surface area contributed by atoms with Gasteiger partial charge in [0.25, 0.3) is 0 Å². The van der Waals surface area contributed by atoms with Crippen LogP contribution in [0.3, 0.4) is 0 Å². The second kappa shape index (κ2) is 4.84. The van der Waals surface area contributed by atoms with Crippen LogP contribution in [0.15, 0.2) is 12.4 Å². The highest BCUT2D eigenvalue weighted by Crippen LogP contribution is 2.49. The summed E-state index contributed by atoms with van der Waals surface area (Å²) in [6.45, 7) is 1.19. The Hall–Kier alpha value is -0.990.